The van der Waals surface area contributed by atoms with Crippen LogP contribution in [0, 0.1) is 0 Å². The van der Waals surface area contributed by atoms with E-state index in [1.165, 1.54) is 0 Å². The van der Waals surface area contributed by atoms with Crippen LogP contribution in [-0.2, 0) is 9.47 Å². The zero-order valence-electron chi connectivity index (χ0n) is 5.30. The molecule has 2 bridgehead atoms. The maximum absolute atomic E-state index is 5.53. The minimum atomic E-state index is 0.317. The van der Waals surface area contributed by atoms with Crippen LogP contribution in [0.4, 0.5) is 0 Å². The summed E-state index contributed by atoms with van der Waals surface area (Å²) in [6, 6.07) is 0. The molecule has 0 aromatic heterocycles. The summed E-state index contributed by atoms with van der Waals surface area (Å²) in [5, 5.41) is 3.28. The van der Waals surface area contributed by atoms with E-state index >= 15 is 0 Å². The number of morpholine rings is 1. The highest BCUT2D eigenvalue weighted by atomic mass is 16.6. The van der Waals surface area contributed by atoms with Crippen molar-refractivity contribution < 1.29 is 9.47 Å². The average molecular weight is 129 g/mol. The first-order valence-electron chi connectivity index (χ1n) is 3.39. The Morgan fingerprint density at radius 2 is 1.78 bits per heavy atom. The molecule has 3 nitrogen and oxygen atoms in total. The SMILES string of the molecule is C1NCC2COCC1O2. The van der Waals surface area contributed by atoms with Crippen LogP contribution in [0.2, 0.25) is 0 Å². The molecule has 3 heteroatoms. The summed E-state index contributed by atoms with van der Waals surface area (Å²) >= 11 is 0. The van der Waals surface area contributed by atoms with Crippen LogP contribution >= 0.6 is 0 Å². The first-order chi connectivity index (χ1) is 4.45. The van der Waals surface area contributed by atoms with E-state index in [-0.39, 0.29) is 0 Å². The Labute approximate surface area is 54.3 Å². The van der Waals surface area contributed by atoms with Crippen molar-refractivity contribution in [3.05, 3.63) is 0 Å². The highest BCUT2D eigenvalue weighted by Gasteiger charge is 2.26. The second kappa shape index (κ2) is 2.25. The lowest BCUT2D eigenvalue weighted by Gasteiger charge is -2.35. The number of hydrogen-bond donors (Lipinski definition) is 1. The van der Waals surface area contributed by atoms with Gasteiger partial charge in [-0.25, -0.2) is 0 Å². The molecule has 2 unspecified atom stereocenters. The lowest BCUT2D eigenvalue weighted by molar-refractivity contribution is -0.151. The van der Waals surface area contributed by atoms with Crippen LogP contribution in [0.5, 0.6) is 0 Å². The third-order valence-electron chi connectivity index (χ3n) is 1.74. The van der Waals surface area contributed by atoms with E-state index in [1.54, 1.807) is 0 Å². The molecule has 1 N–H and O–H groups in total. The van der Waals surface area contributed by atoms with Crippen molar-refractivity contribution in [1.29, 1.82) is 0 Å². The second-order valence-corrected chi connectivity index (χ2v) is 2.58. The minimum Gasteiger partial charge on any atom is -0.376 e. The van der Waals surface area contributed by atoms with Gasteiger partial charge in [0.15, 0.2) is 0 Å². The van der Waals surface area contributed by atoms with Gasteiger partial charge < -0.3 is 14.8 Å². The normalized spacial score (nSPS) is 42.7. The van der Waals surface area contributed by atoms with Gasteiger partial charge >= 0.3 is 0 Å². The molecule has 2 saturated heterocycles. The van der Waals surface area contributed by atoms with Crippen molar-refractivity contribution in [2.24, 2.45) is 0 Å². The topological polar surface area (TPSA) is 30.5 Å². The van der Waals surface area contributed by atoms with Crippen molar-refractivity contribution >= 4 is 0 Å². The van der Waals surface area contributed by atoms with E-state index in [4.69, 9.17) is 9.47 Å². The van der Waals surface area contributed by atoms with E-state index in [9.17, 15) is 0 Å². The highest BCUT2D eigenvalue weighted by molar-refractivity contribution is 4.77. The number of fused-ring (bicyclic) bond motifs is 2. The fraction of sp³-hybridized carbons (Fsp3) is 1.00. The summed E-state index contributed by atoms with van der Waals surface area (Å²) in [6.07, 6.45) is 0.634. The molecule has 9 heavy (non-hydrogen) atoms. The molecule has 2 fully saturated rings. The van der Waals surface area contributed by atoms with Gasteiger partial charge in [-0.15, -0.1) is 0 Å². The Hall–Kier alpha value is -0.120. The molecule has 0 aromatic rings. The summed E-state index contributed by atoms with van der Waals surface area (Å²) in [7, 11) is 0. The molecule has 2 rings (SSSR count). The van der Waals surface area contributed by atoms with E-state index in [0.29, 0.717) is 12.2 Å². The van der Waals surface area contributed by atoms with Crippen molar-refractivity contribution in [3.8, 4) is 0 Å². The smallest absolute Gasteiger partial charge is 0.0938 e. The number of rotatable bonds is 0. The van der Waals surface area contributed by atoms with Crippen LogP contribution in [0.15, 0.2) is 0 Å². The molecule has 0 saturated carbocycles. The zero-order chi connectivity index (χ0) is 6.10. The summed E-state index contributed by atoms with van der Waals surface area (Å²) < 4.78 is 10.8. The lowest BCUT2D eigenvalue weighted by atomic mass is 10.2. The molecule has 2 aliphatic heterocycles. The van der Waals surface area contributed by atoms with Gasteiger partial charge in [0.2, 0.25) is 0 Å². The van der Waals surface area contributed by atoms with Gasteiger partial charge in [-0.2, -0.15) is 0 Å². The summed E-state index contributed by atoms with van der Waals surface area (Å²) in [5.74, 6) is 0. The molecule has 2 aliphatic rings. The van der Waals surface area contributed by atoms with Gasteiger partial charge in [0, 0.05) is 13.1 Å². The van der Waals surface area contributed by atoms with Crippen molar-refractivity contribution in [2.75, 3.05) is 26.3 Å². The maximum Gasteiger partial charge on any atom is 0.0938 e. The van der Waals surface area contributed by atoms with Gasteiger partial charge in [-0.05, 0) is 0 Å². The van der Waals surface area contributed by atoms with E-state index in [0.717, 1.165) is 26.3 Å². The molecule has 0 aliphatic carbocycles. The molecule has 0 spiro atoms. The van der Waals surface area contributed by atoms with E-state index in [1.807, 2.05) is 0 Å². The predicted molar refractivity (Wildman–Crippen MR) is 32.3 cm³/mol. The van der Waals surface area contributed by atoms with Gasteiger partial charge in [-0.1, -0.05) is 0 Å². The summed E-state index contributed by atoms with van der Waals surface area (Å²) in [5.41, 5.74) is 0. The molecular formula is C6H11NO2. The Morgan fingerprint density at radius 1 is 1.11 bits per heavy atom. The third-order valence-corrected chi connectivity index (χ3v) is 1.74. The predicted octanol–water partition coefficient (Wildman–Crippen LogP) is -0.626. The van der Waals surface area contributed by atoms with Gasteiger partial charge in [-0.3, -0.25) is 0 Å². The van der Waals surface area contributed by atoms with Crippen molar-refractivity contribution in [1.82, 2.24) is 5.32 Å². The van der Waals surface area contributed by atoms with Crippen LogP contribution in [0.3, 0.4) is 0 Å². The quantitative estimate of drug-likeness (QED) is 0.472. The molecule has 0 amide bonds. The van der Waals surface area contributed by atoms with Crippen molar-refractivity contribution in [2.45, 2.75) is 12.2 Å². The van der Waals surface area contributed by atoms with Crippen LogP contribution < -0.4 is 5.32 Å². The van der Waals surface area contributed by atoms with E-state index < -0.39 is 0 Å². The Balaban J connectivity index is 1.96. The number of hydrogen-bond acceptors (Lipinski definition) is 3. The zero-order valence-corrected chi connectivity index (χ0v) is 5.30. The monoisotopic (exact) mass is 129 g/mol. The van der Waals surface area contributed by atoms with Crippen LogP contribution in [0.1, 0.15) is 0 Å². The Bertz CT molecular complexity index is 87.2. The number of ether oxygens (including phenoxy) is 2. The van der Waals surface area contributed by atoms with Gasteiger partial charge in [0.25, 0.3) is 0 Å². The Morgan fingerprint density at radius 3 is 2.33 bits per heavy atom. The van der Waals surface area contributed by atoms with E-state index in [2.05, 4.69) is 5.32 Å². The summed E-state index contributed by atoms with van der Waals surface area (Å²) in [6.45, 7) is 3.44. The molecule has 2 atom stereocenters. The second-order valence-electron chi connectivity index (χ2n) is 2.58. The first-order valence-corrected chi connectivity index (χ1v) is 3.39. The summed E-state index contributed by atoms with van der Waals surface area (Å²) in [4.78, 5) is 0. The molecule has 52 valence electrons. The average Bonchev–Trinajstić information content (AvgIpc) is 1.88. The Kier molecular flexibility index (Phi) is 1.41. The lowest BCUT2D eigenvalue weighted by Crippen LogP contribution is -2.52. The fourth-order valence-corrected chi connectivity index (χ4v) is 1.30. The first kappa shape index (κ1) is 5.65. The van der Waals surface area contributed by atoms with Crippen molar-refractivity contribution in [3.63, 3.8) is 0 Å². The standard InChI is InChI=1S/C6H11NO2/c1-5-3-8-4-6(9-5)2-7-1/h5-7H,1-4H2. The molecular weight excluding hydrogens is 118 g/mol. The van der Waals surface area contributed by atoms with Gasteiger partial charge in [0.05, 0.1) is 25.4 Å². The van der Waals surface area contributed by atoms with Gasteiger partial charge in [0.1, 0.15) is 0 Å². The molecule has 2 heterocycles. The third kappa shape index (κ3) is 1.08. The molecule has 0 radical (unpaired) electrons. The number of nitrogens with one attached hydrogen (secondary N) is 1. The van der Waals surface area contributed by atoms with Crippen LogP contribution in [-0.4, -0.2) is 38.5 Å². The van der Waals surface area contributed by atoms with Crippen LogP contribution in [0.25, 0.3) is 0 Å². The molecule has 0 aromatic carbocycles. The largest absolute Gasteiger partial charge is 0.376 e. The highest BCUT2D eigenvalue weighted by Crippen LogP contribution is 2.09. The minimum absolute atomic E-state index is 0.317. The fourth-order valence-electron chi connectivity index (χ4n) is 1.30. The maximum atomic E-state index is 5.53.